The minimum atomic E-state index is -0.416. The molecule has 0 unspecified atom stereocenters. The molecule has 0 aliphatic carbocycles. The van der Waals surface area contributed by atoms with Crippen LogP contribution in [0.25, 0.3) is 0 Å². The lowest BCUT2D eigenvalue weighted by atomic mass is 10.0. The Hall–Kier alpha value is -0.800. The number of rotatable bonds is 3. The Balaban J connectivity index is 0.00000169. The molecule has 0 aliphatic heterocycles. The second kappa shape index (κ2) is 5.83. The van der Waals surface area contributed by atoms with Gasteiger partial charge in [0.15, 0.2) is 0 Å². The van der Waals surface area contributed by atoms with E-state index in [0.29, 0.717) is 6.42 Å². The summed E-state index contributed by atoms with van der Waals surface area (Å²) in [6.45, 7) is 1.38. The van der Waals surface area contributed by atoms with Crippen LogP contribution >= 0.6 is 12.4 Å². The molecule has 0 amide bonds. The van der Waals surface area contributed by atoms with Crippen LogP contribution in [0.3, 0.4) is 0 Å². The first-order valence-corrected chi connectivity index (χ1v) is 4.26. The van der Waals surface area contributed by atoms with Crippen LogP contribution < -0.4 is 5.73 Å². The van der Waals surface area contributed by atoms with Gasteiger partial charge in [-0.2, -0.15) is 0 Å². The van der Waals surface area contributed by atoms with Crippen LogP contribution in [-0.2, 0) is 0 Å². The Morgan fingerprint density at radius 3 is 2.64 bits per heavy atom. The number of halogens is 2. The first-order chi connectivity index (χ1) is 6.15. The third kappa shape index (κ3) is 3.16. The van der Waals surface area contributed by atoms with Crippen molar-refractivity contribution in [2.24, 2.45) is 5.73 Å². The molecule has 1 aromatic rings. The fourth-order valence-corrected chi connectivity index (χ4v) is 1.19. The topological polar surface area (TPSA) is 46.2 Å². The predicted molar refractivity (Wildman–Crippen MR) is 57.6 cm³/mol. The number of benzene rings is 1. The monoisotopic (exact) mass is 219 g/mol. The second-order valence-electron chi connectivity index (χ2n) is 3.13. The van der Waals surface area contributed by atoms with E-state index in [1.54, 1.807) is 25.1 Å². The molecule has 0 radical (unpaired) electrons. The zero-order valence-electron chi connectivity index (χ0n) is 8.03. The van der Waals surface area contributed by atoms with Crippen molar-refractivity contribution in [3.8, 4) is 5.75 Å². The normalized spacial score (nSPS) is 11.9. The van der Waals surface area contributed by atoms with Crippen molar-refractivity contribution in [3.63, 3.8) is 0 Å². The number of nitrogens with two attached hydrogens (primary N) is 1. The largest absolute Gasteiger partial charge is 0.508 e. The van der Waals surface area contributed by atoms with E-state index in [4.69, 9.17) is 5.73 Å². The molecule has 0 fully saturated rings. The lowest BCUT2D eigenvalue weighted by Gasteiger charge is -2.10. The Labute approximate surface area is 89.3 Å². The third-order valence-electron chi connectivity index (χ3n) is 2.07. The van der Waals surface area contributed by atoms with Crippen LogP contribution in [0.1, 0.15) is 23.6 Å². The number of phenolic OH excluding ortho intramolecular Hbond substituents is 1. The third-order valence-corrected chi connectivity index (χ3v) is 2.07. The van der Waals surface area contributed by atoms with Crippen LogP contribution in [0.2, 0.25) is 0 Å². The molecule has 0 heterocycles. The van der Waals surface area contributed by atoms with Gasteiger partial charge in [-0.1, -0.05) is 12.1 Å². The van der Waals surface area contributed by atoms with Crippen molar-refractivity contribution in [1.29, 1.82) is 0 Å². The first-order valence-electron chi connectivity index (χ1n) is 4.26. The summed E-state index contributed by atoms with van der Waals surface area (Å²) in [7, 11) is 0. The molecule has 0 bridgehead atoms. The molecule has 4 heteroatoms. The number of hydrogen-bond acceptors (Lipinski definition) is 2. The fraction of sp³-hybridized carbons (Fsp3) is 0.400. The van der Waals surface area contributed by atoms with E-state index < -0.39 is 6.67 Å². The van der Waals surface area contributed by atoms with Gasteiger partial charge in [0.2, 0.25) is 0 Å². The highest BCUT2D eigenvalue weighted by molar-refractivity contribution is 5.85. The summed E-state index contributed by atoms with van der Waals surface area (Å²) in [5.41, 5.74) is 7.34. The molecule has 2 nitrogen and oxygen atoms in total. The van der Waals surface area contributed by atoms with Crippen molar-refractivity contribution in [1.82, 2.24) is 0 Å². The van der Waals surface area contributed by atoms with Crippen molar-refractivity contribution in [3.05, 3.63) is 29.3 Å². The van der Waals surface area contributed by atoms with Gasteiger partial charge in [0.05, 0.1) is 6.67 Å². The van der Waals surface area contributed by atoms with Crippen molar-refractivity contribution < 1.29 is 9.50 Å². The average molecular weight is 220 g/mol. The molecule has 0 aliphatic rings. The fourth-order valence-electron chi connectivity index (χ4n) is 1.19. The van der Waals surface area contributed by atoms with E-state index in [2.05, 4.69) is 0 Å². The highest BCUT2D eigenvalue weighted by Gasteiger charge is 2.06. The molecule has 0 aromatic heterocycles. The molecule has 80 valence electrons. The first kappa shape index (κ1) is 13.2. The summed E-state index contributed by atoms with van der Waals surface area (Å²) in [6.07, 6.45) is 0.324. The summed E-state index contributed by atoms with van der Waals surface area (Å²) in [4.78, 5) is 0. The number of phenols is 1. The van der Waals surface area contributed by atoms with Gasteiger partial charge in [0.25, 0.3) is 0 Å². The van der Waals surface area contributed by atoms with Crippen LogP contribution in [0, 0.1) is 6.92 Å². The zero-order valence-corrected chi connectivity index (χ0v) is 8.85. The Morgan fingerprint density at radius 1 is 1.50 bits per heavy atom. The van der Waals surface area contributed by atoms with Gasteiger partial charge in [0, 0.05) is 6.04 Å². The molecule has 14 heavy (non-hydrogen) atoms. The lowest BCUT2D eigenvalue weighted by molar-refractivity contribution is 0.441. The van der Waals surface area contributed by atoms with E-state index in [1.165, 1.54) is 0 Å². The molecule has 1 aromatic carbocycles. The molecule has 3 N–H and O–H groups in total. The maximum atomic E-state index is 12.0. The van der Waals surface area contributed by atoms with Crippen LogP contribution in [-0.4, -0.2) is 11.8 Å². The van der Waals surface area contributed by atoms with E-state index in [0.717, 1.165) is 11.1 Å². The van der Waals surface area contributed by atoms with E-state index in [1.807, 2.05) is 0 Å². The van der Waals surface area contributed by atoms with Crippen molar-refractivity contribution in [2.45, 2.75) is 19.4 Å². The van der Waals surface area contributed by atoms with Crippen molar-refractivity contribution in [2.75, 3.05) is 6.67 Å². The van der Waals surface area contributed by atoms with E-state index >= 15 is 0 Å². The molecule has 1 atom stereocenters. The maximum absolute atomic E-state index is 12.0. The molecule has 0 spiro atoms. The molecular weight excluding hydrogens is 205 g/mol. The predicted octanol–water partition coefficient (Wildman–Crippen LogP) is 2.48. The van der Waals surface area contributed by atoms with Gasteiger partial charge in [-0.15, -0.1) is 12.4 Å². The average Bonchev–Trinajstić information content (AvgIpc) is 2.10. The number of alkyl halides is 1. The Morgan fingerprint density at radius 2 is 2.14 bits per heavy atom. The summed E-state index contributed by atoms with van der Waals surface area (Å²) < 4.78 is 12.0. The van der Waals surface area contributed by atoms with E-state index in [9.17, 15) is 9.50 Å². The zero-order chi connectivity index (χ0) is 9.84. The van der Waals surface area contributed by atoms with Crippen molar-refractivity contribution >= 4 is 12.4 Å². The van der Waals surface area contributed by atoms with Gasteiger partial charge in [-0.3, -0.25) is 4.39 Å². The molecule has 0 saturated carbocycles. The minimum absolute atomic E-state index is 0. The standard InChI is InChI=1S/C10H14FNO.ClH/c1-7-6-8(2-3-10(7)13)9(12)4-5-11;/h2-3,6,9,13H,4-5,12H2,1H3;1H/t9-;/m0./s1. The van der Waals surface area contributed by atoms with Gasteiger partial charge in [-0.25, -0.2) is 0 Å². The van der Waals surface area contributed by atoms with Gasteiger partial charge in [0.1, 0.15) is 5.75 Å². The SMILES string of the molecule is Cc1cc([C@@H](N)CCF)ccc1O.Cl. The maximum Gasteiger partial charge on any atom is 0.118 e. The molecular formula is C10H15ClFNO. The van der Waals surface area contributed by atoms with E-state index in [-0.39, 0.29) is 24.2 Å². The highest BCUT2D eigenvalue weighted by atomic mass is 35.5. The Bertz CT molecular complexity index is 293. The number of hydrogen-bond donors (Lipinski definition) is 2. The van der Waals surface area contributed by atoms with Crippen LogP contribution in [0.4, 0.5) is 4.39 Å². The number of aryl methyl sites for hydroxylation is 1. The highest BCUT2D eigenvalue weighted by Crippen LogP contribution is 2.21. The second-order valence-corrected chi connectivity index (χ2v) is 3.13. The molecule has 0 saturated heterocycles. The minimum Gasteiger partial charge on any atom is -0.508 e. The lowest BCUT2D eigenvalue weighted by Crippen LogP contribution is -2.10. The Kier molecular flexibility index (Phi) is 5.50. The summed E-state index contributed by atoms with van der Waals surface area (Å²) in [5, 5.41) is 9.24. The van der Waals surface area contributed by atoms with Crippen LogP contribution in [0.15, 0.2) is 18.2 Å². The smallest absolute Gasteiger partial charge is 0.118 e. The van der Waals surface area contributed by atoms with Gasteiger partial charge < -0.3 is 10.8 Å². The quantitative estimate of drug-likeness (QED) is 0.821. The van der Waals surface area contributed by atoms with Gasteiger partial charge >= 0.3 is 0 Å². The van der Waals surface area contributed by atoms with Gasteiger partial charge in [-0.05, 0) is 30.5 Å². The van der Waals surface area contributed by atoms with Crippen LogP contribution in [0.5, 0.6) is 5.75 Å². The summed E-state index contributed by atoms with van der Waals surface area (Å²) in [5.74, 6) is 0.246. The summed E-state index contributed by atoms with van der Waals surface area (Å²) >= 11 is 0. The number of aromatic hydroxyl groups is 1. The summed E-state index contributed by atoms with van der Waals surface area (Å²) in [6, 6.07) is 4.82. The molecule has 1 rings (SSSR count).